The first-order valence-corrected chi connectivity index (χ1v) is 4.73. The first-order chi connectivity index (χ1) is 4.90. The van der Waals surface area contributed by atoms with Crippen LogP contribution in [-0.4, -0.2) is 0 Å². The van der Waals surface area contributed by atoms with Crippen LogP contribution in [0.25, 0.3) is 0 Å². The summed E-state index contributed by atoms with van der Waals surface area (Å²) in [6.45, 7) is 0. The Morgan fingerprint density at radius 1 is 0.727 bits per heavy atom. The Hall–Kier alpha value is 0.688. The molecule has 4 saturated carbocycles. The molecule has 0 atom stereocenters. The van der Waals surface area contributed by atoms with E-state index < -0.39 is 0 Å². The minimum atomic E-state index is 0. The molecule has 0 aliphatic heterocycles. The molecule has 0 N–H and O–H groups in total. The van der Waals surface area contributed by atoms with Crippen LogP contribution in [0, 0.1) is 23.7 Å². The topological polar surface area (TPSA) is 0 Å². The number of rotatable bonds is 0. The van der Waals surface area contributed by atoms with E-state index in [0.717, 1.165) is 17.8 Å². The van der Waals surface area contributed by atoms with Gasteiger partial charge in [0, 0.05) is 21.1 Å². The summed E-state index contributed by atoms with van der Waals surface area (Å²) in [5.41, 5.74) is 0. The maximum Gasteiger partial charge on any atom is 0 e. The fraction of sp³-hybridized carbons (Fsp3) is 0.900. The van der Waals surface area contributed by atoms with Gasteiger partial charge < -0.3 is 5.92 Å². The van der Waals surface area contributed by atoms with Gasteiger partial charge in [-0.1, -0.05) is 37.0 Å². The average molecular weight is 319 g/mol. The van der Waals surface area contributed by atoms with E-state index in [1.165, 1.54) is 19.3 Å². The van der Waals surface area contributed by atoms with Crippen LogP contribution in [0.15, 0.2) is 0 Å². The molecular weight excluding hydrogens is 304 g/mol. The van der Waals surface area contributed by atoms with Crippen LogP contribution in [-0.2, 0) is 21.1 Å². The van der Waals surface area contributed by atoms with Gasteiger partial charge in [-0.3, -0.25) is 0 Å². The quantitative estimate of drug-likeness (QED) is 0.603. The molecule has 0 aromatic carbocycles. The van der Waals surface area contributed by atoms with Crippen LogP contribution in [0.1, 0.15) is 38.5 Å². The van der Waals surface area contributed by atoms with Crippen molar-refractivity contribution in [2.24, 2.45) is 17.8 Å². The monoisotopic (exact) mass is 319 g/mol. The van der Waals surface area contributed by atoms with Crippen molar-refractivity contribution in [1.29, 1.82) is 0 Å². The Morgan fingerprint density at radius 3 is 1.36 bits per heavy atom. The third kappa shape index (κ3) is 1.32. The fourth-order valence-electron chi connectivity index (χ4n) is 3.68. The molecule has 0 heterocycles. The molecule has 11 heavy (non-hydrogen) atoms. The van der Waals surface area contributed by atoms with Gasteiger partial charge in [0.2, 0.25) is 0 Å². The van der Waals surface area contributed by atoms with Crippen LogP contribution in [0.2, 0.25) is 0 Å². The zero-order valence-electron chi connectivity index (χ0n) is 6.88. The van der Waals surface area contributed by atoms with Crippen LogP contribution >= 0.6 is 0 Å². The molecule has 62 valence electrons. The van der Waals surface area contributed by atoms with Gasteiger partial charge in [0.25, 0.3) is 0 Å². The summed E-state index contributed by atoms with van der Waals surface area (Å²) in [5, 5.41) is 0. The van der Waals surface area contributed by atoms with Gasteiger partial charge in [-0.15, -0.1) is 0 Å². The first kappa shape index (κ1) is 8.29. The predicted octanol–water partition coefficient (Wildman–Crippen LogP) is 2.79. The number of hydrogen-bond acceptors (Lipinski definition) is 0. The van der Waals surface area contributed by atoms with Gasteiger partial charge in [-0.2, -0.15) is 19.3 Å². The second-order valence-corrected chi connectivity index (χ2v) is 4.67. The van der Waals surface area contributed by atoms with Crippen molar-refractivity contribution in [3.63, 3.8) is 0 Å². The molecule has 0 unspecified atom stereocenters. The van der Waals surface area contributed by atoms with Crippen molar-refractivity contribution in [2.75, 3.05) is 0 Å². The van der Waals surface area contributed by atoms with Crippen molar-refractivity contribution < 1.29 is 21.1 Å². The third-order valence-electron chi connectivity index (χ3n) is 3.73. The van der Waals surface area contributed by atoms with E-state index in [-0.39, 0.29) is 21.1 Å². The molecule has 0 aromatic heterocycles. The van der Waals surface area contributed by atoms with E-state index in [4.69, 9.17) is 0 Å². The molecule has 0 amide bonds. The summed E-state index contributed by atoms with van der Waals surface area (Å²) < 4.78 is 0. The molecule has 4 bridgehead atoms. The second kappa shape index (κ2) is 2.87. The molecule has 0 radical (unpaired) electrons. The largest absolute Gasteiger partial charge is 0.313 e. The summed E-state index contributed by atoms with van der Waals surface area (Å²) in [6.07, 6.45) is 9.31. The molecule has 1 heteroatoms. The Morgan fingerprint density at radius 2 is 1.09 bits per heavy atom. The molecule has 0 aromatic rings. The zero-order chi connectivity index (χ0) is 6.55. The summed E-state index contributed by atoms with van der Waals surface area (Å²) in [5.74, 6) is 5.35. The van der Waals surface area contributed by atoms with Crippen molar-refractivity contribution in [2.45, 2.75) is 38.5 Å². The molecule has 4 rings (SSSR count). The summed E-state index contributed by atoms with van der Waals surface area (Å²) in [7, 11) is 0. The predicted molar refractivity (Wildman–Crippen MR) is 41.4 cm³/mol. The molecular formula is C10H15W-. The van der Waals surface area contributed by atoms with E-state index in [1.54, 1.807) is 19.3 Å². The molecule has 0 nitrogen and oxygen atoms in total. The normalized spacial score (nSPS) is 47.5. The van der Waals surface area contributed by atoms with Gasteiger partial charge in [-0.05, 0) is 0 Å². The van der Waals surface area contributed by atoms with Crippen LogP contribution in [0.5, 0.6) is 0 Å². The summed E-state index contributed by atoms with van der Waals surface area (Å²) >= 11 is 0. The van der Waals surface area contributed by atoms with Crippen LogP contribution in [0.3, 0.4) is 0 Å². The smallest absolute Gasteiger partial charge is 0 e. The van der Waals surface area contributed by atoms with Crippen LogP contribution < -0.4 is 0 Å². The van der Waals surface area contributed by atoms with Crippen LogP contribution in [0.4, 0.5) is 0 Å². The molecule has 4 aliphatic carbocycles. The van der Waals surface area contributed by atoms with Crippen molar-refractivity contribution in [3.8, 4) is 0 Å². The van der Waals surface area contributed by atoms with Gasteiger partial charge in [-0.25, -0.2) is 0 Å². The van der Waals surface area contributed by atoms with E-state index in [0.29, 0.717) is 0 Å². The minimum Gasteiger partial charge on any atom is -0.313 e. The summed E-state index contributed by atoms with van der Waals surface area (Å²) in [6, 6.07) is 0. The van der Waals surface area contributed by atoms with E-state index in [2.05, 4.69) is 0 Å². The molecule has 0 saturated heterocycles. The van der Waals surface area contributed by atoms with Crippen molar-refractivity contribution >= 4 is 0 Å². The molecule has 4 aliphatic rings. The SMILES string of the molecule is C1[C-]2CC3CC1CC(C2)C3.[W]. The zero-order valence-corrected chi connectivity index (χ0v) is 9.82. The van der Waals surface area contributed by atoms with Crippen molar-refractivity contribution in [3.05, 3.63) is 5.92 Å². The Balaban J connectivity index is 0.000000480. The van der Waals surface area contributed by atoms with Crippen molar-refractivity contribution in [1.82, 2.24) is 0 Å². The average Bonchev–Trinajstić information content (AvgIpc) is 1.82. The van der Waals surface area contributed by atoms with E-state index >= 15 is 0 Å². The molecule has 0 spiro atoms. The molecule has 4 fully saturated rings. The van der Waals surface area contributed by atoms with E-state index in [9.17, 15) is 0 Å². The Bertz CT molecular complexity index is 96.4. The van der Waals surface area contributed by atoms with Gasteiger partial charge in [0.1, 0.15) is 0 Å². The van der Waals surface area contributed by atoms with Gasteiger partial charge in [0.15, 0.2) is 0 Å². The van der Waals surface area contributed by atoms with Gasteiger partial charge >= 0.3 is 0 Å². The van der Waals surface area contributed by atoms with Gasteiger partial charge in [0.05, 0.1) is 0 Å². The van der Waals surface area contributed by atoms with E-state index in [1.807, 2.05) is 5.92 Å². The minimum absolute atomic E-state index is 0. The maximum atomic E-state index is 1.93. The Kier molecular flexibility index (Phi) is 2.17. The number of hydrogen-bond donors (Lipinski definition) is 0. The first-order valence-electron chi connectivity index (χ1n) is 4.73. The fourth-order valence-corrected chi connectivity index (χ4v) is 3.68. The standard InChI is InChI=1S/C10H15.W/c1-7-2-9-4-8(1)5-10(3-7)6-9;/h7-9H,1-6H2;/q-1;. The summed E-state index contributed by atoms with van der Waals surface area (Å²) in [4.78, 5) is 0. The maximum absolute atomic E-state index is 1.93. The third-order valence-corrected chi connectivity index (χ3v) is 3.73. The Labute approximate surface area is 83.4 Å². The second-order valence-electron chi connectivity index (χ2n) is 4.67.